The monoisotopic (exact) mass is 379 g/mol. The van der Waals surface area contributed by atoms with E-state index in [-0.39, 0.29) is 36.3 Å². The summed E-state index contributed by atoms with van der Waals surface area (Å²) in [6, 6.07) is 14.8. The molecule has 3 atom stereocenters. The minimum atomic E-state index is -0.214. The van der Waals surface area contributed by atoms with Gasteiger partial charge in [-0.25, -0.2) is 9.82 Å². The summed E-state index contributed by atoms with van der Waals surface area (Å²) >= 11 is 0. The number of benzene rings is 2. The van der Waals surface area contributed by atoms with E-state index in [1.54, 1.807) is 16.9 Å². The fourth-order valence-corrected chi connectivity index (χ4v) is 4.44. The number of likely N-dealkylation sites (tertiary alicyclic amines) is 1. The molecular formula is C21H22FN5O. The van der Waals surface area contributed by atoms with Crippen LogP contribution in [0, 0.1) is 11.7 Å². The highest BCUT2D eigenvalue weighted by molar-refractivity contribution is 5.82. The highest BCUT2D eigenvalue weighted by Crippen LogP contribution is 2.34. The van der Waals surface area contributed by atoms with Gasteiger partial charge in [-0.05, 0) is 18.6 Å². The fraction of sp³-hybridized carbons (Fsp3) is 0.333. The molecule has 2 aromatic carbocycles. The third kappa shape index (κ3) is 2.96. The summed E-state index contributed by atoms with van der Waals surface area (Å²) in [5.41, 5.74) is 8.14. The molecular weight excluding hydrogens is 357 g/mol. The number of aromatic nitrogens is 2. The zero-order chi connectivity index (χ0) is 19.1. The van der Waals surface area contributed by atoms with E-state index in [0.29, 0.717) is 18.7 Å². The molecule has 2 aliphatic rings. The maximum Gasteiger partial charge on any atom is 0.244 e. The number of carbonyl (C=O) groups is 1. The van der Waals surface area contributed by atoms with Gasteiger partial charge in [-0.1, -0.05) is 36.4 Å². The quantitative estimate of drug-likeness (QED) is 0.733. The van der Waals surface area contributed by atoms with Crippen LogP contribution in [0.3, 0.4) is 0 Å². The Morgan fingerprint density at radius 2 is 1.96 bits per heavy atom. The van der Waals surface area contributed by atoms with Crippen molar-refractivity contribution in [2.24, 2.45) is 5.92 Å². The van der Waals surface area contributed by atoms with E-state index >= 15 is 0 Å². The summed E-state index contributed by atoms with van der Waals surface area (Å²) in [4.78, 5) is 14.8. The van der Waals surface area contributed by atoms with Gasteiger partial charge >= 0.3 is 0 Å². The van der Waals surface area contributed by atoms with Crippen molar-refractivity contribution >= 4 is 16.8 Å². The number of carbonyl (C=O) groups excluding carboxylic acids is 1. The summed E-state index contributed by atoms with van der Waals surface area (Å²) in [5, 5.41) is 5.39. The number of hydrogen-bond acceptors (Lipinski definition) is 4. The van der Waals surface area contributed by atoms with Crippen molar-refractivity contribution < 1.29 is 9.18 Å². The van der Waals surface area contributed by atoms with Gasteiger partial charge in [0.05, 0.1) is 17.8 Å². The van der Waals surface area contributed by atoms with Gasteiger partial charge in [-0.15, -0.1) is 0 Å². The Kier molecular flexibility index (Phi) is 4.33. The number of piperidine rings is 1. The second kappa shape index (κ2) is 7.00. The topological polar surface area (TPSA) is 62.2 Å². The van der Waals surface area contributed by atoms with Crippen LogP contribution in [0.15, 0.2) is 54.7 Å². The number of halogens is 1. The number of amides is 1. The lowest BCUT2D eigenvalue weighted by Gasteiger charge is -2.36. The van der Waals surface area contributed by atoms with E-state index in [0.717, 1.165) is 17.3 Å². The predicted molar refractivity (Wildman–Crippen MR) is 104 cm³/mol. The molecule has 5 rings (SSSR count). The van der Waals surface area contributed by atoms with E-state index in [9.17, 15) is 9.18 Å². The van der Waals surface area contributed by atoms with Crippen LogP contribution in [0.2, 0.25) is 0 Å². The van der Waals surface area contributed by atoms with Crippen LogP contribution in [-0.4, -0.2) is 39.7 Å². The Morgan fingerprint density at radius 1 is 1.14 bits per heavy atom. The number of fused-ring (bicyclic) bond motifs is 2. The molecule has 144 valence electrons. The number of rotatable bonds is 3. The third-order valence-corrected chi connectivity index (χ3v) is 5.94. The lowest BCUT2D eigenvalue weighted by molar-refractivity contribution is -0.134. The van der Waals surface area contributed by atoms with E-state index in [1.807, 2.05) is 41.3 Å². The third-order valence-electron chi connectivity index (χ3n) is 5.94. The average molecular weight is 379 g/mol. The van der Waals surface area contributed by atoms with E-state index in [2.05, 4.69) is 16.0 Å². The Bertz CT molecular complexity index is 1020. The molecule has 2 N–H and O–H groups in total. The van der Waals surface area contributed by atoms with Crippen molar-refractivity contribution in [1.82, 2.24) is 25.5 Å². The number of nitrogens with one attached hydrogen (secondary N) is 2. The van der Waals surface area contributed by atoms with Crippen molar-refractivity contribution in [3.8, 4) is 0 Å². The number of hydrazine groups is 1. The number of para-hydroxylation sites is 1. The molecule has 7 heteroatoms. The molecule has 0 aliphatic carbocycles. The van der Waals surface area contributed by atoms with Crippen LogP contribution < -0.4 is 10.9 Å². The summed E-state index contributed by atoms with van der Waals surface area (Å²) in [6.45, 7) is 1.51. The maximum atomic E-state index is 14.3. The second-order valence-electron chi connectivity index (χ2n) is 7.55. The second-order valence-corrected chi connectivity index (χ2v) is 7.55. The van der Waals surface area contributed by atoms with Crippen LogP contribution >= 0.6 is 0 Å². The van der Waals surface area contributed by atoms with E-state index in [1.165, 1.54) is 6.07 Å². The van der Waals surface area contributed by atoms with Crippen LogP contribution in [0.4, 0.5) is 4.39 Å². The molecule has 3 unspecified atom stereocenters. The zero-order valence-electron chi connectivity index (χ0n) is 15.4. The van der Waals surface area contributed by atoms with Crippen LogP contribution in [-0.2, 0) is 11.3 Å². The average Bonchev–Trinajstić information content (AvgIpc) is 3.32. The fourth-order valence-electron chi connectivity index (χ4n) is 4.44. The molecule has 1 amide bonds. The van der Waals surface area contributed by atoms with Crippen molar-refractivity contribution in [3.63, 3.8) is 0 Å². The first-order valence-electron chi connectivity index (χ1n) is 9.64. The van der Waals surface area contributed by atoms with Gasteiger partial charge in [0.15, 0.2) is 0 Å². The minimum Gasteiger partial charge on any atom is -0.341 e. The lowest BCUT2D eigenvalue weighted by Crippen LogP contribution is -2.48. The van der Waals surface area contributed by atoms with Crippen molar-refractivity contribution in [3.05, 3.63) is 66.1 Å². The zero-order valence-corrected chi connectivity index (χ0v) is 15.4. The highest BCUT2D eigenvalue weighted by atomic mass is 19.1. The van der Waals surface area contributed by atoms with Gasteiger partial charge in [-0.2, -0.15) is 5.10 Å². The largest absolute Gasteiger partial charge is 0.341 e. The van der Waals surface area contributed by atoms with Gasteiger partial charge in [0.1, 0.15) is 12.4 Å². The highest BCUT2D eigenvalue weighted by Gasteiger charge is 2.42. The Morgan fingerprint density at radius 3 is 2.86 bits per heavy atom. The van der Waals surface area contributed by atoms with Gasteiger partial charge in [0.25, 0.3) is 0 Å². The van der Waals surface area contributed by atoms with Gasteiger partial charge in [-0.3, -0.25) is 14.9 Å². The first-order valence-corrected chi connectivity index (χ1v) is 9.64. The maximum absolute atomic E-state index is 14.3. The van der Waals surface area contributed by atoms with Gasteiger partial charge in [0, 0.05) is 36.0 Å². The summed E-state index contributed by atoms with van der Waals surface area (Å²) in [7, 11) is 0. The van der Waals surface area contributed by atoms with Crippen LogP contribution in [0.5, 0.6) is 0 Å². The van der Waals surface area contributed by atoms with Gasteiger partial charge < -0.3 is 4.90 Å². The normalized spacial score (nSPS) is 24.5. The van der Waals surface area contributed by atoms with Gasteiger partial charge in [0.2, 0.25) is 5.91 Å². The smallest absolute Gasteiger partial charge is 0.244 e. The Labute approximate surface area is 162 Å². The first kappa shape index (κ1) is 17.3. The minimum absolute atomic E-state index is 0.0477. The first-order chi connectivity index (χ1) is 13.7. The lowest BCUT2D eigenvalue weighted by atomic mass is 9.85. The molecule has 1 aromatic heterocycles. The standard InChI is InChI=1S/C21H22FN5O/c22-17-7-3-2-6-15(17)21-16-12-26(10-9-18(16)24-25-21)20(28)13-27-19-8-4-1-5-14(19)11-23-27/h1-8,11,16,18,21,24-25H,9-10,12-13H2. The molecule has 0 saturated carbocycles. The van der Waals surface area contributed by atoms with E-state index < -0.39 is 0 Å². The van der Waals surface area contributed by atoms with E-state index in [4.69, 9.17) is 0 Å². The summed E-state index contributed by atoms with van der Waals surface area (Å²) in [5.74, 6) is -0.0376. The molecule has 3 heterocycles. The molecule has 0 spiro atoms. The SMILES string of the molecule is O=C(Cn1ncc2ccccc21)N1CCC2NNC(c3ccccc3F)C2C1. The van der Waals surface area contributed by atoms with Crippen molar-refractivity contribution in [2.75, 3.05) is 13.1 Å². The molecule has 0 bridgehead atoms. The molecule has 6 nitrogen and oxygen atoms in total. The predicted octanol–water partition coefficient (Wildman–Crippen LogP) is 2.24. The summed E-state index contributed by atoms with van der Waals surface area (Å²) in [6.07, 6.45) is 2.63. The number of nitrogens with zero attached hydrogens (tertiary/aromatic N) is 3. The molecule has 28 heavy (non-hydrogen) atoms. The Hall–Kier alpha value is -2.77. The molecule has 2 fully saturated rings. The molecule has 0 radical (unpaired) electrons. The number of hydrogen-bond donors (Lipinski definition) is 2. The molecule has 2 saturated heterocycles. The Balaban J connectivity index is 1.33. The van der Waals surface area contributed by atoms with Crippen molar-refractivity contribution in [1.29, 1.82) is 0 Å². The molecule has 3 aromatic rings. The van der Waals surface area contributed by atoms with Crippen molar-refractivity contribution in [2.45, 2.75) is 25.0 Å². The molecule has 2 aliphatic heterocycles. The van der Waals surface area contributed by atoms with Crippen LogP contribution in [0.1, 0.15) is 18.0 Å². The summed E-state index contributed by atoms with van der Waals surface area (Å²) < 4.78 is 16.0. The van der Waals surface area contributed by atoms with Crippen LogP contribution in [0.25, 0.3) is 10.9 Å².